The number of rotatable bonds is 4. The first kappa shape index (κ1) is 14.9. The third kappa shape index (κ3) is 3.51. The third-order valence-corrected chi connectivity index (χ3v) is 4.22. The van der Waals surface area contributed by atoms with Gasteiger partial charge in [-0.25, -0.2) is 0 Å². The molecule has 1 fully saturated rings. The van der Waals surface area contributed by atoms with Gasteiger partial charge in [0, 0.05) is 24.8 Å². The monoisotopic (exact) mass is 274 g/mol. The summed E-state index contributed by atoms with van der Waals surface area (Å²) in [4.78, 5) is 4.66. The number of nitrogens with zero attached hydrogens (tertiary/aromatic N) is 2. The van der Waals surface area contributed by atoms with E-state index in [4.69, 9.17) is 11.1 Å². The van der Waals surface area contributed by atoms with Gasteiger partial charge in [0.1, 0.15) is 5.84 Å². The Morgan fingerprint density at radius 2 is 2.05 bits per heavy atom. The summed E-state index contributed by atoms with van der Waals surface area (Å²) in [5.74, 6) is 0.881. The van der Waals surface area contributed by atoms with E-state index in [-0.39, 0.29) is 5.84 Å². The quantitative estimate of drug-likeness (QED) is 0.652. The molecule has 1 aromatic rings. The van der Waals surface area contributed by atoms with Gasteiger partial charge in [0.15, 0.2) is 0 Å². The van der Waals surface area contributed by atoms with Crippen LogP contribution in [0.1, 0.15) is 24.0 Å². The van der Waals surface area contributed by atoms with E-state index in [1.54, 1.807) is 0 Å². The molecule has 0 aromatic heterocycles. The predicted molar refractivity (Wildman–Crippen MR) is 85.7 cm³/mol. The van der Waals surface area contributed by atoms with E-state index in [2.05, 4.69) is 36.9 Å². The molecule has 110 valence electrons. The lowest BCUT2D eigenvalue weighted by Crippen LogP contribution is -2.36. The number of nitrogens with two attached hydrogens (primary N) is 1. The van der Waals surface area contributed by atoms with Gasteiger partial charge in [0.2, 0.25) is 0 Å². The summed E-state index contributed by atoms with van der Waals surface area (Å²) in [5, 5.41) is 7.73. The number of nitrogens with one attached hydrogen (secondary N) is 1. The maximum absolute atomic E-state index is 7.73. The minimum absolute atomic E-state index is 0.148. The number of hydrogen-bond acceptors (Lipinski definition) is 3. The van der Waals surface area contributed by atoms with Gasteiger partial charge in [0.05, 0.1) is 0 Å². The van der Waals surface area contributed by atoms with Gasteiger partial charge in [0.25, 0.3) is 0 Å². The Bertz CT molecular complexity index is 475. The van der Waals surface area contributed by atoms with Crippen molar-refractivity contribution in [2.45, 2.75) is 19.8 Å². The van der Waals surface area contributed by atoms with Gasteiger partial charge in [-0.15, -0.1) is 0 Å². The van der Waals surface area contributed by atoms with E-state index in [9.17, 15) is 0 Å². The molecule has 0 amide bonds. The normalized spacial score (nSPS) is 17.1. The smallest absolute Gasteiger partial charge is 0.124 e. The van der Waals surface area contributed by atoms with Crippen LogP contribution >= 0.6 is 0 Å². The summed E-state index contributed by atoms with van der Waals surface area (Å²) < 4.78 is 0. The molecule has 0 spiro atoms. The topological polar surface area (TPSA) is 56.4 Å². The molecule has 1 aliphatic heterocycles. The van der Waals surface area contributed by atoms with Crippen molar-refractivity contribution >= 4 is 11.5 Å². The molecular weight excluding hydrogens is 248 g/mol. The average Bonchev–Trinajstić information content (AvgIpc) is 2.41. The number of aryl methyl sites for hydroxylation is 1. The third-order valence-electron chi connectivity index (χ3n) is 4.22. The molecule has 20 heavy (non-hydrogen) atoms. The van der Waals surface area contributed by atoms with Crippen molar-refractivity contribution in [1.29, 1.82) is 5.41 Å². The Balaban J connectivity index is 2.10. The number of likely N-dealkylation sites (tertiary alicyclic amines) is 1. The molecule has 1 heterocycles. The van der Waals surface area contributed by atoms with Crippen LogP contribution in [0.2, 0.25) is 0 Å². The summed E-state index contributed by atoms with van der Waals surface area (Å²) in [5.41, 5.74) is 8.83. The van der Waals surface area contributed by atoms with E-state index < -0.39 is 0 Å². The Hall–Kier alpha value is -1.55. The summed E-state index contributed by atoms with van der Waals surface area (Å²) in [6.45, 7) is 5.49. The van der Waals surface area contributed by atoms with Crippen LogP contribution in [0.25, 0.3) is 0 Å². The molecule has 0 aliphatic carbocycles. The molecule has 0 unspecified atom stereocenters. The van der Waals surface area contributed by atoms with Crippen LogP contribution in [0.4, 0.5) is 5.69 Å². The summed E-state index contributed by atoms with van der Waals surface area (Å²) in [6, 6.07) is 6.10. The van der Waals surface area contributed by atoms with Crippen molar-refractivity contribution in [2.75, 3.05) is 38.6 Å². The molecule has 2 rings (SSSR count). The van der Waals surface area contributed by atoms with E-state index in [1.165, 1.54) is 31.5 Å². The second-order valence-electron chi connectivity index (χ2n) is 6.06. The number of hydrogen-bond donors (Lipinski definition) is 2. The van der Waals surface area contributed by atoms with Gasteiger partial charge >= 0.3 is 0 Å². The molecule has 4 nitrogen and oxygen atoms in total. The van der Waals surface area contributed by atoms with Crippen LogP contribution in [-0.2, 0) is 0 Å². The Kier molecular flexibility index (Phi) is 4.65. The maximum atomic E-state index is 7.73. The number of anilines is 1. The zero-order valence-electron chi connectivity index (χ0n) is 12.8. The molecule has 0 bridgehead atoms. The molecular formula is C16H26N4. The van der Waals surface area contributed by atoms with Crippen LogP contribution in [0.3, 0.4) is 0 Å². The molecule has 4 heteroatoms. The lowest BCUT2D eigenvalue weighted by molar-refractivity contribution is 0.222. The first-order chi connectivity index (χ1) is 9.47. The fraction of sp³-hybridized carbons (Fsp3) is 0.562. The standard InChI is InChI=1S/C16H26N4/c1-12-4-5-14(16(17)18)15(10-12)20(3)11-13-6-8-19(2)9-7-13/h4-5,10,13H,6-9,11H2,1-3H3,(H3,17,18). The van der Waals surface area contributed by atoms with E-state index >= 15 is 0 Å². The van der Waals surface area contributed by atoms with Crippen molar-refractivity contribution in [3.63, 3.8) is 0 Å². The second-order valence-corrected chi connectivity index (χ2v) is 6.06. The van der Waals surface area contributed by atoms with Crippen molar-refractivity contribution in [3.8, 4) is 0 Å². The molecule has 1 aromatic carbocycles. The van der Waals surface area contributed by atoms with Gasteiger partial charge < -0.3 is 15.5 Å². The number of amidine groups is 1. The van der Waals surface area contributed by atoms with Crippen LogP contribution in [0, 0.1) is 18.3 Å². The van der Waals surface area contributed by atoms with Gasteiger partial charge in [-0.2, -0.15) is 0 Å². The molecule has 1 aliphatic rings. The van der Waals surface area contributed by atoms with Crippen molar-refractivity contribution < 1.29 is 0 Å². The van der Waals surface area contributed by atoms with Crippen LogP contribution in [0.5, 0.6) is 0 Å². The lowest BCUT2D eigenvalue weighted by Gasteiger charge is -2.33. The van der Waals surface area contributed by atoms with Crippen molar-refractivity contribution in [2.24, 2.45) is 11.7 Å². The predicted octanol–water partition coefficient (Wildman–Crippen LogP) is 2.06. The number of piperidine rings is 1. The Morgan fingerprint density at radius 1 is 1.40 bits per heavy atom. The zero-order chi connectivity index (χ0) is 14.7. The van der Waals surface area contributed by atoms with Crippen LogP contribution < -0.4 is 10.6 Å². The molecule has 0 saturated carbocycles. The first-order valence-electron chi connectivity index (χ1n) is 7.32. The highest BCUT2D eigenvalue weighted by Gasteiger charge is 2.19. The average molecular weight is 274 g/mol. The Morgan fingerprint density at radius 3 is 2.65 bits per heavy atom. The molecule has 0 radical (unpaired) electrons. The minimum Gasteiger partial charge on any atom is -0.384 e. The number of benzene rings is 1. The first-order valence-corrected chi connectivity index (χ1v) is 7.32. The number of nitrogen functional groups attached to an aromatic ring is 1. The second kappa shape index (κ2) is 6.27. The van der Waals surface area contributed by atoms with E-state index in [0.717, 1.165) is 23.7 Å². The highest BCUT2D eigenvalue weighted by molar-refractivity contribution is 6.00. The van der Waals surface area contributed by atoms with E-state index in [0.29, 0.717) is 0 Å². The summed E-state index contributed by atoms with van der Waals surface area (Å²) >= 11 is 0. The van der Waals surface area contributed by atoms with Gasteiger partial charge in [-0.1, -0.05) is 6.07 Å². The Labute approximate surface area is 122 Å². The van der Waals surface area contributed by atoms with Crippen LogP contribution in [0.15, 0.2) is 18.2 Å². The van der Waals surface area contributed by atoms with Crippen molar-refractivity contribution in [3.05, 3.63) is 29.3 Å². The molecule has 1 saturated heterocycles. The van der Waals surface area contributed by atoms with Gasteiger partial charge in [-0.3, -0.25) is 5.41 Å². The maximum Gasteiger partial charge on any atom is 0.124 e. The SMILES string of the molecule is Cc1ccc(C(=N)N)c(N(C)CC2CCN(C)CC2)c1. The summed E-state index contributed by atoms with van der Waals surface area (Å²) in [7, 11) is 4.30. The fourth-order valence-corrected chi connectivity index (χ4v) is 2.92. The molecule has 0 atom stereocenters. The highest BCUT2D eigenvalue weighted by Crippen LogP contribution is 2.24. The highest BCUT2D eigenvalue weighted by atomic mass is 15.1. The molecule has 3 N–H and O–H groups in total. The van der Waals surface area contributed by atoms with Crippen molar-refractivity contribution in [1.82, 2.24) is 4.90 Å². The largest absolute Gasteiger partial charge is 0.384 e. The fourth-order valence-electron chi connectivity index (χ4n) is 2.92. The summed E-state index contributed by atoms with van der Waals surface area (Å²) in [6.07, 6.45) is 2.50. The lowest BCUT2D eigenvalue weighted by atomic mass is 9.96. The minimum atomic E-state index is 0.148. The van der Waals surface area contributed by atoms with Crippen LogP contribution in [-0.4, -0.2) is 44.5 Å². The van der Waals surface area contributed by atoms with Gasteiger partial charge in [-0.05, 0) is 63.5 Å². The van der Waals surface area contributed by atoms with E-state index in [1.807, 2.05) is 12.1 Å². The zero-order valence-corrected chi connectivity index (χ0v) is 12.8.